The van der Waals surface area contributed by atoms with Crippen molar-refractivity contribution in [2.45, 2.75) is 18.9 Å². The first-order chi connectivity index (χ1) is 11.5. The van der Waals surface area contributed by atoms with Crippen molar-refractivity contribution in [2.24, 2.45) is 0 Å². The number of benzene rings is 2. The summed E-state index contributed by atoms with van der Waals surface area (Å²) in [5.74, 6) is -1.16. The van der Waals surface area contributed by atoms with Crippen LogP contribution in [0.2, 0.25) is 0 Å². The van der Waals surface area contributed by atoms with E-state index in [0.717, 1.165) is 11.1 Å². The van der Waals surface area contributed by atoms with Gasteiger partial charge in [0.2, 0.25) is 0 Å². The van der Waals surface area contributed by atoms with Gasteiger partial charge in [-0.2, -0.15) is 0 Å². The molecule has 1 amide bonds. The Bertz CT molecular complexity index is 697. The normalized spacial score (nSPS) is 13.1. The van der Waals surface area contributed by atoms with Gasteiger partial charge in [-0.1, -0.05) is 42.5 Å². The number of carboxylic acid groups (broad SMARTS) is 1. The van der Waals surface area contributed by atoms with Gasteiger partial charge in [-0.15, -0.1) is 0 Å². The van der Waals surface area contributed by atoms with E-state index in [0.29, 0.717) is 13.0 Å². The molecule has 5 heteroatoms. The summed E-state index contributed by atoms with van der Waals surface area (Å²) in [6.07, 6.45) is 0.611. The van der Waals surface area contributed by atoms with Crippen LogP contribution in [0, 0.1) is 0 Å². The third kappa shape index (κ3) is 4.00. The van der Waals surface area contributed by atoms with Gasteiger partial charge < -0.3 is 15.2 Å². The summed E-state index contributed by atoms with van der Waals surface area (Å²) in [7, 11) is 1.51. The standard InChI is InChI=1S/C19H21NO4/c1-19(24-2,16-6-4-3-5-7-16)18(23)20-13-12-14-8-10-15(11-9-14)17(21)22/h3-11H,12-13H2,1-2H3,(H,20,23)(H,21,22). The van der Waals surface area contributed by atoms with Gasteiger partial charge in [0.15, 0.2) is 5.60 Å². The molecule has 1 unspecified atom stereocenters. The molecule has 0 radical (unpaired) electrons. The fourth-order valence-electron chi connectivity index (χ4n) is 2.40. The average Bonchev–Trinajstić information content (AvgIpc) is 2.62. The molecule has 2 rings (SSSR count). The monoisotopic (exact) mass is 327 g/mol. The van der Waals surface area contributed by atoms with Gasteiger partial charge in [0.1, 0.15) is 0 Å². The van der Waals surface area contributed by atoms with Crippen molar-refractivity contribution >= 4 is 11.9 Å². The average molecular weight is 327 g/mol. The van der Waals surface area contributed by atoms with E-state index in [9.17, 15) is 9.59 Å². The maximum Gasteiger partial charge on any atom is 0.335 e. The van der Waals surface area contributed by atoms with E-state index in [1.807, 2.05) is 30.3 Å². The van der Waals surface area contributed by atoms with Crippen LogP contribution in [0.1, 0.15) is 28.4 Å². The topological polar surface area (TPSA) is 75.6 Å². The molecular weight excluding hydrogens is 306 g/mol. The van der Waals surface area contributed by atoms with E-state index < -0.39 is 11.6 Å². The predicted octanol–water partition coefficient (Wildman–Crippen LogP) is 2.61. The van der Waals surface area contributed by atoms with Crippen LogP contribution >= 0.6 is 0 Å². The smallest absolute Gasteiger partial charge is 0.335 e. The summed E-state index contributed by atoms with van der Waals surface area (Å²) in [4.78, 5) is 23.3. The van der Waals surface area contributed by atoms with Crippen LogP contribution in [0.15, 0.2) is 54.6 Å². The molecule has 2 N–H and O–H groups in total. The zero-order chi connectivity index (χ0) is 17.6. The molecule has 0 aliphatic heterocycles. The van der Waals surface area contributed by atoms with Gasteiger partial charge in [-0.25, -0.2) is 4.79 Å². The first-order valence-corrected chi connectivity index (χ1v) is 7.68. The van der Waals surface area contributed by atoms with Crippen LogP contribution in [0.4, 0.5) is 0 Å². The predicted molar refractivity (Wildman–Crippen MR) is 90.9 cm³/mol. The number of hydrogen-bond donors (Lipinski definition) is 2. The van der Waals surface area contributed by atoms with Crippen LogP contribution in [0.3, 0.4) is 0 Å². The minimum Gasteiger partial charge on any atom is -0.478 e. The molecule has 24 heavy (non-hydrogen) atoms. The molecule has 0 heterocycles. The Balaban J connectivity index is 1.95. The molecule has 126 valence electrons. The Morgan fingerprint density at radius 1 is 1.08 bits per heavy atom. The maximum atomic E-state index is 12.5. The third-order valence-corrected chi connectivity index (χ3v) is 4.07. The lowest BCUT2D eigenvalue weighted by Crippen LogP contribution is -2.44. The number of methoxy groups -OCH3 is 1. The molecule has 5 nitrogen and oxygen atoms in total. The molecule has 0 bridgehead atoms. The van der Waals surface area contributed by atoms with Crippen molar-refractivity contribution < 1.29 is 19.4 Å². The van der Waals surface area contributed by atoms with E-state index in [1.165, 1.54) is 7.11 Å². The quantitative estimate of drug-likeness (QED) is 0.819. The number of rotatable bonds is 7. The Kier molecular flexibility index (Phi) is 5.71. The number of carbonyl (C=O) groups is 2. The highest BCUT2D eigenvalue weighted by Crippen LogP contribution is 2.24. The summed E-state index contributed by atoms with van der Waals surface area (Å²) < 4.78 is 5.45. The highest BCUT2D eigenvalue weighted by Gasteiger charge is 2.34. The number of ether oxygens (including phenoxy) is 1. The van der Waals surface area contributed by atoms with Crippen LogP contribution in [-0.4, -0.2) is 30.6 Å². The van der Waals surface area contributed by atoms with E-state index in [2.05, 4.69) is 5.32 Å². The zero-order valence-corrected chi connectivity index (χ0v) is 13.8. The van der Waals surface area contributed by atoms with E-state index >= 15 is 0 Å². The van der Waals surface area contributed by atoms with Crippen molar-refractivity contribution in [1.29, 1.82) is 0 Å². The SMILES string of the molecule is COC(C)(C(=O)NCCc1ccc(C(=O)O)cc1)c1ccccc1. The second-order valence-electron chi connectivity index (χ2n) is 5.61. The van der Waals surface area contributed by atoms with Crippen LogP contribution in [0.25, 0.3) is 0 Å². The first-order valence-electron chi connectivity index (χ1n) is 7.68. The molecule has 0 saturated carbocycles. The number of amides is 1. The Labute approximate surface area is 141 Å². The van der Waals surface area contributed by atoms with Crippen LogP contribution < -0.4 is 5.32 Å². The molecule has 2 aromatic carbocycles. The molecule has 0 spiro atoms. The largest absolute Gasteiger partial charge is 0.478 e. The highest BCUT2D eigenvalue weighted by atomic mass is 16.5. The molecule has 0 aliphatic rings. The van der Waals surface area contributed by atoms with Crippen molar-refractivity contribution in [3.63, 3.8) is 0 Å². The summed E-state index contributed by atoms with van der Waals surface area (Å²) in [5, 5.41) is 11.8. The Morgan fingerprint density at radius 3 is 2.25 bits per heavy atom. The third-order valence-electron chi connectivity index (χ3n) is 4.07. The molecule has 0 saturated heterocycles. The fourth-order valence-corrected chi connectivity index (χ4v) is 2.40. The second kappa shape index (κ2) is 7.75. The lowest BCUT2D eigenvalue weighted by atomic mass is 9.94. The van der Waals surface area contributed by atoms with Crippen molar-refractivity contribution in [1.82, 2.24) is 5.32 Å². The van der Waals surface area contributed by atoms with Crippen molar-refractivity contribution in [2.75, 3.05) is 13.7 Å². The van der Waals surface area contributed by atoms with Gasteiger partial charge in [-0.3, -0.25) is 4.79 Å². The van der Waals surface area contributed by atoms with Crippen LogP contribution in [0.5, 0.6) is 0 Å². The minimum absolute atomic E-state index is 0.210. The first kappa shape index (κ1) is 17.7. The van der Waals surface area contributed by atoms with Crippen molar-refractivity contribution in [3.05, 3.63) is 71.3 Å². The molecule has 1 atom stereocenters. The summed E-state index contributed by atoms with van der Waals surface area (Å²) in [6.45, 7) is 2.18. The number of aromatic carboxylic acids is 1. The number of hydrogen-bond acceptors (Lipinski definition) is 3. The fraction of sp³-hybridized carbons (Fsp3) is 0.263. The summed E-state index contributed by atoms with van der Waals surface area (Å²) in [5.41, 5.74) is 0.947. The molecule has 0 aromatic heterocycles. The van der Waals surface area contributed by atoms with Gasteiger partial charge in [0.25, 0.3) is 5.91 Å². The molecule has 0 aliphatic carbocycles. The van der Waals surface area contributed by atoms with Gasteiger partial charge >= 0.3 is 5.97 Å². The molecule has 2 aromatic rings. The zero-order valence-electron chi connectivity index (χ0n) is 13.8. The summed E-state index contributed by atoms with van der Waals surface area (Å²) in [6, 6.07) is 15.9. The van der Waals surface area contributed by atoms with Gasteiger partial charge in [0.05, 0.1) is 5.56 Å². The van der Waals surface area contributed by atoms with Crippen LogP contribution in [-0.2, 0) is 21.6 Å². The van der Waals surface area contributed by atoms with Gasteiger partial charge in [-0.05, 0) is 36.6 Å². The lowest BCUT2D eigenvalue weighted by Gasteiger charge is -2.27. The lowest BCUT2D eigenvalue weighted by molar-refractivity contribution is -0.142. The summed E-state index contributed by atoms with van der Waals surface area (Å²) >= 11 is 0. The van der Waals surface area contributed by atoms with E-state index in [1.54, 1.807) is 31.2 Å². The Morgan fingerprint density at radius 2 is 1.71 bits per heavy atom. The van der Waals surface area contributed by atoms with E-state index in [-0.39, 0.29) is 11.5 Å². The number of nitrogens with one attached hydrogen (secondary N) is 1. The molecule has 0 fully saturated rings. The molecular formula is C19H21NO4. The number of carbonyl (C=O) groups excluding carboxylic acids is 1. The second-order valence-corrected chi connectivity index (χ2v) is 5.61. The number of carboxylic acids is 1. The Hall–Kier alpha value is -2.66. The minimum atomic E-state index is -1.05. The van der Waals surface area contributed by atoms with Gasteiger partial charge in [0, 0.05) is 13.7 Å². The van der Waals surface area contributed by atoms with Crippen molar-refractivity contribution in [3.8, 4) is 0 Å². The highest BCUT2D eigenvalue weighted by molar-refractivity contribution is 5.87. The maximum absolute atomic E-state index is 12.5. The van der Waals surface area contributed by atoms with E-state index in [4.69, 9.17) is 9.84 Å².